The van der Waals surface area contributed by atoms with Gasteiger partial charge in [-0.3, -0.25) is 9.59 Å². The molecule has 0 aromatic heterocycles. The van der Waals surface area contributed by atoms with Crippen molar-refractivity contribution in [3.63, 3.8) is 0 Å². The molecule has 2 atom stereocenters. The molecule has 0 heterocycles. The van der Waals surface area contributed by atoms with Gasteiger partial charge in [0.15, 0.2) is 0 Å². The van der Waals surface area contributed by atoms with Gasteiger partial charge in [0.05, 0.1) is 11.8 Å². The van der Waals surface area contributed by atoms with Crippen LogP contribution in [0.25, 0.3) is 0 Å². The van der Waals surface area contributed by atoms with E-state index in [9.17, 15) is 9.59 Å². The monoisotopic (exact) mass is 240 g/mol. The summed E-state index contributed by atoms with van der Waals surface area (Å²) in [4.78, 5) is 23.3. The maximum Gasteiger partial charge on any atom is 0.308 e. The highest BCUT2D eigenvalue weighted by Gasteiger charge is 2.36. The Morgan fingerprint density at radius 1 is 1.41 bits per heavy atom. The number of unbranched alkanes of at least 4 members (excludes halogenated alkanes) is 2. The van der Waals surface area contributed by atoms with Crippen LogP contribution in [0.15, 0.2) is 0 Å². The maximum atomic E-state index is 11.7. The number of ketones is 1. The van der Waals surface area contributed by atoms with Gasteiger partial charge < -0.3 is 4.74 Å². The Kier molecular flexibility index (Phi) is 5.66. The minimum absolute atomic E-state index is 0.0377. The summed E-state index contributed by atoms with van der Waals surface area (Å²) in [5, 5.41) is 0. The van der Waals surface area contributed by atoms with Gasteiger partial charge in [0.2, 0.25) is 0 Å². The molecule has 98 valence electrons. The van der Waals surface area contributed by atoms with Gasteiger partial charge in [-0.1, -0.05) is 40.0 Å². The topological polar surface area (TPSA) is 43.4 Å². The van der Waals surface area contributed by atoms with Gasteiger partial charge in [-0.15, -0.1) is 0 Å². The van der Waals surface area contributed by atoms with Crippen molar-refractivity contribution in [2.45, 2.75) is 65.4 Å². The number of carbonyl (C=O) groups is 2. The third-order valence-electron chi connectivity index (χ3n) is 3.40. The second-order valence-corrected chi connectivity index (χ2v) is 5.24. The molecule has 17 heavy (non-hydrogen) atoms. The second kappa shape index (κ2) is 6.77. The third-order valence-corrected chi connectivity index (χ3v) is 3.40. The van der Waals surface area contributed by atoms with Gasteiger partial charge in [0.1, 0.15) is 11.9 Å². The van der Waals surface area contributed by atoms with Gasteiger partial charge in [-0.25, -0.2) is 0 Å². The summed E-state index contributed by atoms with van der Waals surface area (Å²) in [5.41, 5.74) is 0. The first-order chi connectivity index (χ1) is 8.06. The van der Waals surface area contributed by atoms with Crippen molar-refractivity contribution in [1.82, 2.24) is 0 Å². The molecule has 0 bridgehead atoms. The van der Waals surface area contributed by atoms with E-state index in [4.69, 9.17) is 4.74 Å². The molecule has 2 unspecified atom stereocenters. The van der Waals surface area contributed by atoms with Gasteiger partial charge in [0.25, 0.3) is 0 Å². The summed E-state index contributed by atoms with van der Waals surface area (Å²) in [7, 11) is 0. The van der Waals surface area contributed by atoms with Crippen molar-refractivity contribution in [3.8, 4) is 0 Å². The van der Waals surface area contributed by atoms with Crippen molar-refractivity contribution in [2.24, 2.45) is 11.8 Å². The highest BCUT2D eigenvalue weighted by molar-refractivity contribution is 5.84. The molecular formula is C14H24O3. The predicted octanol–water partition coefficient (Wildman–Crippen LogP) is 3.11. The number of esters is 1. The van der Waals surface area contributed by atoms with Gasteiger partial charge in [-0.05, 0) is 12.8 Å². The van der Waals surface area contributed by atoms with Crippen LogP contribution in [0.2, 0.25) is 0 Å². The Labute approximate surface area is 104 Å². The van der Waals surface area contributed by atoms with E-state index in [1.54, 1.807) is 0 Å². The zero-order chi connectivity index (χ0) is 12.8. The molecular weight excluding hydrogens is 216 g/mol. The SMILES string of the molecule is CCCCCC1C(=O)CCC1OC(=O)C(C)C. The molecule has 0 aromatic carbocycles. The standard InChI is InChI=1S/C14H24O3/c1-4-5-6-7-11-12(15)8-9-13(11)17-14(16)10(2)3/h10-11,13H,4-9H2,1-3H3. The van der Waals surface area contributed by atoms with Crippen LogP contribution in [0, 0.1) is 11.8 Å². The largest absolute Gasteiger partial charge is 0.461 e. The Hall–Kier alpha value is -0.860. The predicted molar refractivity (Wildman–Crippen MR) is 66.6 cm³/mol. The molecule has 0 radical (unpaired) electrons. The van der Waals surface area contributed by atoms with Crippen molar-refractivity contribution in [3.05, 3.63) is 0 Å². The Morgan fingerprint density at radius 2 is 2.12 bits per heavy atom. The van der Waals surface area contributed by atoms with E-state index in [2.05, 4.69) is 6.92 Å². The normalized spacial score (nSPS) is 24.4. The average molecular weight is 240 g/mol. The average Bonchev–Trinajstić information content (AvgIpc) is 2.61. The van der Waals surface area contributed by atoms with Crippen molar-refractivity contribution >= 4 is 11.8 Å². The highest BCUT2D eigenvalue weighted by Crippen LogP contribution is 2.30. The molecule has 1 aliphatic rings. The molecule has 0 N–H and O–H groups in total. The van der Waals surface area contributed by atoms with Gasteiger partial charge in [0, 0.05) is 6.42 Å². The van der Waals surface area contributed by atoms with E-state index >= 15 is 0 Å². The van der Waals surface area contributed by atoms with Crippen LogP contribution in [0.4, 0.5) is 0 Å². The van der Waals surface area contributed by atoms with Crippen LogP contribution < -0.4 is 0 Å². The lowest BCUT2D eigenvalue weighted by atomic mass is 9.97. The quantitative estimate of drug-likeness (QED) is 0.529. The number of Topliss-reactive ketones (excluding diaryl/α,β-unsaturated/α-hetero) is 1. The zero-order valence-corrected chi connectivity index (χ0v) is 11.2. The Bertz CT molecular complexity index is 271. The Morgan fingerprint density at radius 3 is 2.71 bits per heavy atom. The lowest BCUT2D eigenvalue weighted by molar-refractivity contribution is -0.155. The number of rotatable bonds is 6. The maximum absolute atomic E-state index is 11.7. The zero-order valence-electron chi connectivity index (χ0n) is 11.2. The molecule has 1 rings (SSSR count). The first kappa shape index (κ1) is 14.2. The molecule has 0 aliphatic heterocycles. The number of ether oxygens (including phenoxy) is 1. The first-order valence-corrected chi connectivity index (χ1v) is 6.79. The van der Waals surface area contributed by atoms with Crippen LogP contribution >= 0.6 is 0 Å². The number of hydrogen-bond donors (Lipinski definition) is 0. The summed E-state index contributed by atoms with van der Waals surface area (Å²) < 4.78 is 5.43. The molecule has 0 saturated heterocycles. The Balaban J connectivity index is 2.46. The molecule has 1 saturated carbocycles. The lowest BCUT2D eigenvalue weighted by Gasteiger charge is -2.20. The number of carbonyl (C=O) groups excluding carboxylic acids is 2. The fourth-order valence-corrected chi connectivity index (χ4v) is 2.27. The van der Waals surface area contributed by atoms with Crippen LogP contribution in [-0.2, 0) is 14.3 Å². The second-order valence-electron chi connectivity index (χ2n) is 5.24. The van der Waals surface area contributed by atoms with E-state index in [1.807, 2.05) is 13.8 Å². The molecule has 0 aromatic rings. The van der Waals surface area contributed by atoms with Crippen molar-refractivity contribution < 1.29 is 14.3 Å². The van der Waals surface area contributed by atoms with E-state index < -0.39 is 0 Å². The van der Waals surface area contributed by atoms with Crippen LogP contribution in [0.5, 0.6) is 0 Å². The van der Waals surface area contributed by atoms with Crippen LogP contribution in [0.1, 0.15) is 59.3 Å². The lowest BCUT2D eigenvalue weighted by Crippen LogP contribution is -2.27. The minimum Gasteiger partial charge on any atom is -0.461 e. The molecule has 0 spiro atoms. The highest BCUT2D eigenvalue weighted by atomic mass is 16.5. The molecule has 3 heteroatoms. The summed E-state index contributed by atoms with van der Waals surface area (Å²) in [6.07, 6.45) is 5.37. The summed E-state index contributed by atoms with van der Waals surface area (Å²) >= 11 is 0. The minimum atomic E-state index is -0.176. The first-order valence-electron chi connectivity index (χ1n) is 6.79. The van der Waals surface area contributed by atoms with Gasteiger partial charge >= 0.3 is 5.97 Å². The van der Waals surface area contributed by atoms with E-state index in [0.717, 1.165) is 25.7 Å². The fraction of sp³-hybridized carbons (Fsp3) is 0.857. The fourth-order valence-electron chi connectivity index (χ4n) is 2.27. The third kappa shape index (κ3) is 4.14. The summed E-state index contributed by atoms with van der Waals surface area (Å²) in [5.74, 6) is -0.0425. The van der Waals surface area contributed by atoms with E-state index in [0.29, 0.717) is 12.8 Å². The van der Waals surface area contributed by atoms with Crippen LogP contribution in [-0.4, -0.2) is 17.9 Å². The summed E-state index contributed by atoms with van der Waals surface area (Å²) in [6.45, 7) is 5.79. The van der Waals surface area contributed by atoms with Crippen molar-refractivity contribution in [2.75, 3.05) is 0 Å². The van der Waals surface area contributed by atoms with Crippen LogP contribution in [0.3, 0.4) is 0 Å². The van der Waals surface area contributed by atoms with E-state index in [-0.39, 0.29) is 29.7 Å². The number of hydrogen-bond acceptors (Lipinski definition) is 3. The molecule has 0 amide bonds. The van der Waals surface area contributed by atoms with E-state index in [1.165, 1.54) is 0 Å². The smallest absolute Gasteiger partial charge is 0.308 e. The molecule has 1 fully saturated rings. The van der Waals surface area contributed by atoms with Gasteiger partial charge in [-0.2, -0.15) is 0 Å². The summed E-state index contributed by atoms with van der Waals surface area (Å²) in [6, 6.07) is 0. The van der Waals surface area contributed by atoms with Crippen molar-refractivity contribution in [1.29, 1.82) is 0 Å². The molecule has 1 aliphatic carbocycles. The molecule has 3 nitrogen and oxygen atoms in total.